The van der Waals surface area contributed by atoms with Gasteiger partial charge in [0.15, 0.2) is 11.5 Å². The van der Waals surface area contributed by atoms with Crippen molar-refractivity contribution in [3.05, 3.63) is 54.4 Å². The molecule has 1 unspecified atom stereocenters. The van der Waals surface area contributed by atoms with Gasteiger partial charge in [0.25, 0.3) is 0 Å². The molecule has 0 aliphatic carbocycles. The molecule has 1 fully saturated rings. The van der Waals surface area contributed by atoms with Gasteiger partial charge in [0.2, 0.25) is 5.91 Å². The number of methoxy groups -OCH3 is 1. The normalized spacial score (nSPS) is 16.5. The first kappa shape index (κ1) is 18.3. The second-order valence-corrected chi connectivity index (χ2v) is 6.98. The molecule has 0 spiro atoms. The number of aromatic nitrogens is 2. The number of rotatable bonds is 6. The third-order valence-corrected chi connectivity index (χ3v) is 5.28. The van der Waals surface area contributed by atoms with Crippen molar-refractivity contribution in [3.63, 3.8) is 0 Å². The third kappa shape index (κ3) is 3.42. The molecule has 1 aliphatic heterocycles. The van der Waals surface area contributed by atoms with Crippen molar-refractivity contribution in [3.8, 4) is 11.5 Å². The topological polar surface area (TPSA) is 56.6 Å². The maximum atomic E-state index is 12.1. The van der Waals surface area contributed by atoms with Crippen LogP contribution in [0.15, 0.2) is 48.5 Å². The molecule has 6 heteroatoms. The number of nitrogens with zero attached hydrogens (tertiary/aromatic N) is 3. The molecule has 3 aromatic rings. The molecule has 1 aromatic heterocycles. The monoisotopic (exact) mass is 379 g/mol. The molecular formula is C22H25N3O3. The zero-order valence-electron chi connectivity index (χ0n) is 16.3. The molecule has 0 saturated carbocycles. The third-order valence-electron chi connectivity index (χ3n) is 5.28. The van der Waals surface area contributed by atoms with Crippen LogP contribution in [0.2, 0.25) is 0 Å². The van der Waals surface area contributed by atoms with Gasteiger partial charge in [-0.2, -0.15) is 0 Å². The van der Waals surface area contributed by atoms with Gasteiger partial charge in [-0.05, 0) is 37.1 Å². The Morgan fingerprint density at radius 3 is 2.68 bits per heavy atom. The van der Waals surface area contributed by atoms with Gasteiger partial charge in [0.05, 0.1) is 30.7 Å². The summed E-state index contributed by atoms with van der Waals surface area (Å²) < 4.78 is 13.5. The highest BCUT2D eigenvalue weighted by molar-refractivity contribution is 5.77. The van der Waals surface area contributed by atoms with Gasteiger partial charge in [0.1, 0.15) is 12.4 Å². The fraction of sp³-hybridized carbons (Fsp3) is 0.364. The number of hydrogen-bond donors (Lipinski definition) is 0. The molecule has 1 atom stereocenters. The molecule has 1 amide bonds. The van der Waals surface area contributed by atoms with Crippen LogP contribution in [0, 0.1) is 0 Å². The van der Waals surface area contributed by atoms with Gasteiger partial charge in [-0.3, -0.25) is 4.79 Å². The smallest absolute Gasteiger partial charge is 0.220 e. The van der Waals surface area contributed by atoms with Gasteiger partial charge < -0.3 is 18.9 Å². The largest absolute Gasteiger partial charge is 0.493 e. The lowest BCUT2D eigenvalue weighted by atomic mass is 10.2. The van der Waals surface area contributed by atoms with Gasteiger partial charge in [0, 0.05) is 13.5 Å². The summed E-state index contributed by atoms with van der Waals surface area (Å²) in [7, 11) is 1.64. The standard InChI is InChI=1S/C22H25N3O3/c1-16(26)24-13-7-10-19(24)22-23-17-8-3-4-9-18(17)25(22)14-15-28-21-12-6-5-11-20(21)27-2/h3-6,8-9,11-12,19H,7,10,13-15H2,1-2H3. The molecule has 1 aliphatic rings. The lowest BCUT2D eigenvalue weighted by Crippen LogP contribution is -2.30. The summed E-state index contributed by atoms with van der Waals surface area (Å²) in [6, 6.07) is 15.8. The lowest BCUT2D eigenvalue weighted by Gasteiger charge is -2.24. The zero-order valence-corrected chi connectivity index (χ0v) is 16.3. The predicted molar refractivity (Wildman–Crippen MR) is 108 cm³/mol. The number of likely N-dealkylation sites (tertiary alicyclic amines) is 1. The molecule has 2 aromatic carbocycles. The molecule has 4 rings (SSSR count). The van der Waals surface area contributed by atoms with E-state index in [0.717, 1.165) is 47.7 Å². The van der Waals surface area contributed by atoms with E-state index in [1.54, 1.807) is 14.0 Å². The average molecular weight is 379 g/mol. The number of imidazole rings is 1. The summed E-state index contributed by atoms with van der Waals surface area (Å²) in [5, 5.41) is 0. The molecule has 0 N–H and O–H groups in total. The Hall–Kier alpha value is -3.02. The minimum Gasteiger partial charge on any atom is -0.493 e. The Bertz CT molecular complexity index is 982. The van der Waals surface area contributed by atoms with Crippen molar-refractivity contribution in [1.29, 1.82) is 0 Å². The molecule has 0 bridgehead atoms. The maximum Gasteiger partial charge on any atom is 0.220 e. The first-order chi connectivity index (χ1) is 13.7. The summed E-state index contributed by atoms with van der Waals surface area (Å²) in [6.45, 7) is 3.56. The van der Waals surface area contributed by atoms with E-state index in [1.165, 1.54) is 0 Å². The number of amides is 1. The van der Waals surface area contributed by atoms with E-state index in [9.17, 15) is 4.79 Å². The summed E-state index contributed by atoms with van der Waals surface area (Å²) in [4.78, 5) is 18.9. The van der Waals surface area contributed by atoms with E-state index in [0.29, 0.717) is 13.2 Å². The number of benzene rings is 2. The highest BCUT2D eigenvalue weighted by Gasteiger charge is 2.32. The Kier molecular flexibility index (Phi) is 5.19. The van der Waals surface area contributed by atoms with Crippen LogP contribution in [0.25, 0.3) is 11.0 Å². The predicted octanol–water partition coefficient (Wildman–Crippen LogP) is 3.81. The van der Waals surface area contributed by atoms with Crippen LogP contribution in [-0.2, 0) is 11.3 Å². The molecule has 1 saturated heterocycles. The fourth-order valence-corrected chi connectivity index (χ4v) is 3.98. The summed E-state index contributed by atoms with van der Waals surface area (Å²) in [5.41, 5.74) is 2.02. The van der Waals surface area contributed by atoms with Crippen molar-refractivity contribution < 1.29 is 14.3 Å². The van der Waals surface area contributed by atoms with E-state index >= 15 is 0 Å². The molecule has 0 radical (unpaired) electrons. The van der Waals surface area contributed by atoms with Crippen molar-refractivity contribution in [2.24, 2.45) is 0 Å². The molecule has 28 heavy (non-hydrogen) atoms. The Labute approximate surface area is 164 Å². The zero-order chi connectivity index (χ0) is 19.5. The Balaban J connectivity index is 1.61. The van der Waals surface area contributed by atoms with Crippen LogP contribution in [0.3, 0.4) is 0 Å². The Morgan fingerprint density at radius 2 is 1.89 bits per heavy atom. The van der Waals surface area contributed by atoms with Crippen LogP contribution < -0.4 is 9.47 Å². The molecule has 146 valence electrons. The minimum absolute atomic E-state index is 0.0242. The van der Waals surface area contributed by atoms with Crippen molar-refractivity contribution in [2.45, 2.75) is 32.4 Å². The van der Waals surface area contributed by atoms with E-state index in [-0.39, 0.29) is 11.9 Å². The van der Waals surface area contributed by atoms with E-state index in [1.807, 2.05) is 47.4 Å². The van der Waals surface area contributed by atoms with E-state index in [4.69, 9.17) is 14.5 Å². The van der Waals surface area contributed by atoms with Gasteiger partial charge in [-0.1, -0.05) is 24.3 Å². The van der Waals surface area contributed by atoms with Crippen LogP contribution in [0.5, 0.6) is 11.5 Å². The lowest BCUT2D eigenvalue weighted by molar-refractivity contribution is -0.129. The second kappa shape index (κ2) is 7.92. The van der Waals surface area contributed by atoms with Crippen LogP contribution >= 0.6 is 0 Å². The number of carbonyl (C=O) groups excluding carboxylic acids is 1. The highest BCUT2D eigenvalue weighted by Crippen LogP contribution is 2.33. The molecule has 2 heterocycles. The fourth-order valence-electron chi connectivity index (χ4n) is 3.98. The number of carbonyl (C=O) groups is 1. The first-order valence-corrected chi connectivity index (χ1v) is 9.67. The number of hydrogen-bond acceptors (Lipinski definition) is 4. The van der Waals surface area contributed by atoms with E-state index in [2.05, 4.69) is 10.6 Å². The van der Waals surface area contributed by atoms with Gasteiger partial charge >= 0.3 is 0 Å². The quantitative estimate of drug-likeness (QED) is 0.654. The number of para-hydroxylation sites is 4. The summed E-state index contributed by atoms with van der Waals surface area (Å²) >= 11 is 0. The first-order valence-electron chi connectivity index (χ1n) is 9.67. The molecule has 6 nitrogen and oxygen atoms in total. The summed E-state index contributed by atoms with van der Waals surface area (Å²) in [5.74, 6) is 2.49. The number of fused-ring (bicyclic) bond motifs is 1. The SMILES string of the molecule is COc1ccccc1OCCn1c(C2CCCN2C(C)=O)nc2ccccc21. The Morgan fingerprint density at radius 1 is 1.14 bits per heavy atom. The van der Waals surface area contributed by atoms with E-state index < -0.39 is 0 Å². The van der Waals surface area contributed by atoms with Crippen LogP contribution in [0.1, 0.15) is 31.6 Å². The maximum absolute atomic E-state index is 12.1. The van der Waals surface area contributed by atoms with Gasteiger partial charge in [-0.15, -0.1) is 0 Å². The molecular weight excluding hydrogens is 354 g/mol. The average Bonchev–Trinajstić information content (AvgIpc) is 3.33. The van der Waals surface area contributed by atoms with Crippen molar-refractivity contribution >= 4 is 16.9 Å². The minimum atomic E-state index is 0.0242. The summed E-state index contributed by atoms with van der Waals surface area (Å²) in [6.07, 6.45) is 1.95. The second-order valence-electron chi connectivity index (χ2n) is 6.98. The van der Waals surface area contributed by atoms with Crippen molar-refractivity contribution in [2.75, 3.05) is 20.3 Å². The highest BCUT2D eigenvalue weighted by atomic mass is 16.5. The van der Waals surface area contributed by atoms with Crippen molar-refractivity contribution in [1.82, 2.24) is 14.5 Å². The van der Waals surface area contributed by atoms with Gasteiger partial charge in [-0.25, -0.2) is 4.98 Å². The number of ether oxygens (including phenoxy) is 2. The van der Waals surface area contributed by atoms with Crippen LogP contribution in [-0.4, -0.2) is 40.6 Å². The van der Waals surface area contributed by atoms with Crippen LogP contribution in [0.4, 0.5) is 0 Å².